The van der Waals surface area contributed by atoms with Crippen LogP contribution in [0.25, 0.3) is 5.95 Å². The van der Waals surface area contributed by atoms with E-state index in [9.17, 15) is 4.79 Å². The zero-order valence-electron chi connectivity index (χ0n) is 7.03. The molecule has 0 spiro atoms. The number of carboxylic acid groups (broad SMARTS) is 1. The molecule has 0 saturated carbocycles. The zero-order chi connectivity index (χ0) is 9.97. The first-order valence-electron chi connectivity index (χ1n) is 3.81. The van der Waals surface area contributed by atoms with Crippen molar-refractivity contribution in [3.05, 3.63) is 36.7 Å². The van der Waals surface area contributed by atoms with Gasteiger partial charge in [0, 0.05) is 24.8 Å². The van der Waals surface area contributed by atoms with Crippen LogP contribution < -0.4 is 0 Å². The van der Waals surface area contributed by atoms with E-state index in [1.54, 1.807) is 17.0 Å². The van der Waals surface area contributed by atoms with Crippen molar-refractivity contribution in [3.63, 3.8) is 0 Å². The average Bonchev–Trinajstić information content (AvgIpc) is 2.71. The van der Waals surface area contributed by atoms with Crippen molar-refractivity contribution in [3.8, 4) is 5.95 Å². The highest BCUT2D eigenvalue weighted by Gasteiger charge is 2.04. The van der Waals surface area contributed by atoms with Gasteiger partial charge in [-0.15, -0.1) is 0 Å². The summed E-state index contributed by atoms with van der Waals surface area (Å²) in [5, 5.41) is 8.61. The minimum atomic E-state index is -1.04. The van der Waals surface area contributed by atoms with Gasteiger partial charge in [-0.25, -0.2) is 19.7 Å². The van der Waals surface area contributed by atoms with Gasteiger partial charge in [0.1, 0.15) is 6.33 Å². The molecule has 0 fully saturated rings. The summed E-state index contributed by atoms with van der Waals surface area (Å²) in [6.07, 6.45) is 7.31. The maximum atomic E-state index is 10.5. The van der Waals surface area contributed by atoms with E-state index in [0.29, 0.717) is 5.95 Å². The highest BCUT2D eigenvalue weighted by atomic mass is 16.4. The number of hydrogen-bond acceptors (Lipinski definition) is 4. The molecule has 14 heavy (non-hydrogen) atoms. The first kappa shape index (κ1) is 8.36. The van der Waals surface area contributed by atoms with Crippen molar-refractivity contribution in [1.82, 2.24) is 19.5 Å². The van der Waals surface area contributed by atoms with Gasteiger partial charge >= 0.3 is 5.97 Å². The molecule has 1 N–H and O–H groups in total. The highest BCUT2D eigenvalue weighted by molar-refractivity contribution is 5.86. The molecular formula is C8H6N4O2. The lowest BCUT2D eigenvalue weighted by atomic mass is 10.3. The van der Waals surface area contributed by atoms with Gasteiger partial charge in [-0.1, -0.05) is 0 Å². The van der Waals surface area contributed by atoms with Crippen LogP contribution in [-0.2, 0) is 0 Å². The van der Waals surface area contributed by atoms with Crippen molar-refractivity contribution >= 4 is 5.97 Å². The Balaban J connectivity index is 2.36. The first-order valence-corrected chi connectivity index (χ1v) is 3.81. The SMILES string of the molecule is O=C(O)c1cnc(-n2ccnc2)nc1. The minimum Gasteiger partial charge on any atom is -0.478 e. The van der Waals surface area contributed by atoms with Gasteiger partial charge in [-0.2, -0.15) is 0 Å². The van der Waals surface area contributed by atoms with Gasteiger partial charge in [0.15, 0.2) is 0 Å². The lowest BCUT2D eigenvalue weighted by Gasteiger charge is -1.98. The van der Waals surface area contributed by atoms with Gasteiger partial charge in [0.2, 0.25) is 5.95 Å². The molecule has 2 aromatic rings. The molecule has 0 aliphatic heterocycles. The molecule has 2 rings (SSSR count). The predicted octanol–water partition coefficient (Wildman–Crippen LogP) is 0.360. The fourth-order valence-electron chi connectivity index (χ4n) is 0.942. The minimum absolute atomic E-state index is 0.0638. The molecule has 0 radical (unpaired) electrons. The molecule has 0 amide bonds. The van der Waals surface area contributed by atoms with E-state index >= 15 is 0 Å². The molecule has 2 aromatic heterocycles. The van der Waals surface area contributed by atoms with Gasteiger partial charge < -0.3 is 5.11 Å². The Hall–Kier alpha value is -2.24. The third kappa shape index (κ3) is 1.45. The number of imidazole rings is 1. The largest absolute Gasteiger partial charge is 0.478 e. The molecule has 0 aromatic carbocycles. The van der Waals surface area contributed by atoms with E-state index in [4.69, 9.17) is 5.11 Å². The Kier molecular flexibility index (Phi) is 1.94. The summed E-state index contributed by atoms with van der Waals surface area (Å²) >= 11 is 0. The van der Waals surface area contributed by atoms with Crippen LogP contribution in [0.4, 0.5) is 0 Å². The van der Waals surface area contributed by atoms with E-state index in [1.807, 2.05) is 0 Å². The van der Waals surface area contributed by atoms with Crippen LogP contribution in [-0.4, -0.2) is 30.6 Å². The molecule has 0 unspecified atom stereocenters. The predicted molar refractivity (Wildman–Crippen MR) is 46.1 cm³/mol. The molecule has 2 heterocycles. The molecule has 6 nitrogen and oxygen atoms in total. The van der Waals surface area contributed by atoms with Crippen LogP contribution in [0.2, 0.25) is 0 Å². The fraction of sp³-hybridized carbons (Fsp3) is 0. The molecule has 70 valence electrons. The van der Waals surface area contributed by atoms with Crippen molar-refractivity contribution in [1.29, 1.82) is 0 Å². The summed E-state index contributed by atoms with van der Waals surface area (Å²) in [6.45, 7) is 0. The van der Waals surface area contributed by atoms with Crippen LogP contribution in [0.1, 0.15) is 10.4 Å². The normalized spacial score (nSPS) is 10.0. The zero-order valence-corrected chi connectivity index (χ0v) is 7.03. The average molecular weight is 190 g/mol. The van der Waals surface area contributed by atoms with E-state index < -0.39 is 5.97 Å². The molecule has 0 aliphatic carbocycles. The lowest BCUT2D eigenvalue weighted by molar-refractivity contribution is 0.0696. The fourth-order valence-corrected chi connectivity index (χ4v) is 0.942. The molecular weight excluding hydrogens is 184 g/mol. The number of carboxylic acids is 1. The van der Waals surface area contributed by atoms with Gasteiger partial charge in [0.05, 0.1) is 5.56 Å². The number of aromatic nitrogens is 4. The monoisotopic (exact) mass is 190 g/mol. The van der Waals surface area contributed by atoms with Crippen LogP contribution in [0.5, 0.6) is 0 Å². The lowest BCUT2D eigenvalue weighted by Crippen LogP contribution is -2.03. The van der Waals surface area contributed by atoms with Crippen molar-refractivity contribution in [2.24, 2.45) is 0 Å². The summed E-state index contributed by atoms with van der Waals surface area (Å²) in [5.74, 6) is -0.644. The summed E-state index contributed by atoms with van der Waals surface area (Å²) in [4.78, 5) is 22.1. The first-order chi connectivity index (χ1) is 6.77. The summed E-state index contributed by atoms with van der Waals surface area (Å²) in [7, 11) is 0. The second kappa shape index (κ2) is 3.25. The van der Waals surface area contributed by atoms with Crippen LogP contribution in [0.15, 0.2) is 31.1 Å². The molecule has 6 heteroatoms. The van der Waals surface area contributed by atoms with Crippen molar-refractivity contribution in [2.45, 2.75) is 0 Å². The standard InChI is InChI=1S/C8H6N4O2/c13-7(14)6-3-10-8(11-4-6)12-2-1-9-5-12/h1-5H,(H,13,14). The summed E-state index contributed by atoms with van der Waals surface area (Å²) in [5.41, 5.74) is 0.0638. The number of nitrogens with zero attached hydrogens (tertiary/aromatic N) is 4. The second-order valence-electron chi connectivity index (χ2n) is 2.55. The van der Waals surface area contributed by atoms with E-state index in [-0.39, 0.29) is 5.56 Å². The molecule has 0 bridgehead atoms. The summed E-state index contributed by atoms with van der Waals surface area (Å²) in [6, 6.07) is 0. The van der Waals surface area contributed by atoms with Gasteiger partial charge in [-0.3, -0.25) is 4.57 Å². The second-order valence-corrected chi connectivity index (χ2v) is 2.55. The Labute approximate surface area is 78.9 Å². The molecule has 0 aliphatic rings. The van der Waals surface area contributed by atoms with E-state index in [1.165, 1.54) is 18.7 Å². The Morgan fingerprint density at radius 1 is 1.36 bits per heavy atom. The van der Waals surface area contributed by atoms with E-state index in [2.05, 4.69) is 15.0 Å². The van der Waals surface area contributed by atoms with Crippen molar-refractivity contribution < 1.29 is 9.90 Å². The Morgan fingerprint density at radius 3 is 2.57 bits per heavy atom. The third-order valence-electron chi connectivity index (χ3n) is 1.62. The van der Waals surface area contributed by atoms with Gasteiger partial charge in [0.25, 0.3) is 0 Å². The maximum Gasteiger partial charge on any atom is 0.338 e. The number of rotatable bonds is 2. The maximum absolute atomic E-state index is 10.5. The van der Waals surface area contributed by atoms with Crippen LogP contribution >= 0.6 is 0 Å². The quantitative estimate of drug-likeness (QED) is 0.739. The van der Waals surface area contributed by atoms with Gasteiger partial charge in [-0.05, 0) is 0 Å². The van der Waals surface area contributed by atoms with Crippen molar-refractivity contribution in [2.75, 3.05) is 0 Å². The Morgan fingerprint density at radius 2 is 2.07 bits per heavy atom. The van der Waals surface area contributed by atoms with E-state index in [0.717, 1.165) is 0 Å². The topological polar surface area (TPSA) is 80.9 Å². The third-order valence-corrected chi connectivity index (χ3v) is 1.62. The number of hydrogen-bond donors (Lipinski definition) is 1. The number of carbonyl (C=O) groups is 1. The summed E-state index contributed by atoms with van der Waals surface area (Å²) < 4.78 is 1.59. The molecule has 0 saturated heterocycles. The highest BCUT2D eigenvalue weighted by Crippen LogP contribution is 2.00. The molecule has 0 atom stereocenters. The van der Waals surface area contributed by atoms with Crippen LogP contribution in [0, 0.1) is 0 Å². The van der Waals surface area contributed by atoms with Crippen LogP contribution in [0.3, 0.4) is 0 Å². The number of aromatic carboxylic acids is 1. The Bertz CT molecular complexity index is 435. The smallest absolute Gasteiger partial charge is 0.338 e.